The molecule has 0 spiro atoms. The molecule has 9 heteroatoms. The third kappa shape index (κ3) is 6.52. The van der Waals surface area contributed by atoms with Gasteiger partial charge in [0.15, 0.2) is 0 Å². The molecule has 1 atom stereocenters. The Labute approximate surface area is 235 Å². The first-order chi connectivity index (χ1) is 18.7. The predicted molar refractivity (Wildman–Crippen MR) is 156 cm³/mol. The number of thiazole rings is 1. The van der Waals surface area contributed by atoms with E-state index in [-0.39, 0.29) is 17.9 Å². The third-order valence-electron chi connectivity index (χ3n) is 7.63. The zero-order valence-electron chi connectivity index (χ0n) is 22.8. The van der Waals surface area contributed by atoms with E-state index in [1.807, 2.05) is 50.4 Å². The Morgan fingerprint density at radius 3 is 2.74 bits per heavy atom. The first-order valence-corrected chi connectivity index (χ1v) is 16.2. The van der Waals surface area contributed by atoms with E-state index in [2.05, 4.69) is 33.7 Å². The SMILES string of the molecule is CC1CCN(CCS(=O)(=O)N[C@@H]2CCc3c(-c4cnc(-c5ccc(OC(C)C)c(C#N)c5)s4)cccc32)CC1. The van der Waals surface area contributed by atoms with Crippen LogP contribution >= 0.6 is 11.3 Å². The van der Waals surface area contributed by atoms with Crippen LogP contribution in [0.2, 0.25) is 0 Å². The molecule has 1 aliphatic heterocycles. The molecular formula is C30H36N4O3S2. The number of hydrogen-bond acceptors (Lipinski definition) is 7. The van der Waals surface area contributed by atoms with E-state index in [1.54, 1.807) is 11.3 Å². The number of fused-ring (bicyclic) bond motifs is 1. The van der Waals surface area contributed by atoms with Gasteiger partial charge in [-0.2, -0.15) is 5.26 Å². The van der Waals surface area contributed by atoms with Gasteiger partial charge in [-0.25, -0.2) is 18.1 Å². The number of rotatable bonds is 9. The van der Waals surface area contributed by atoms with E-state index in [1.165, 1.54) is 5.56 Å². The Morgan fingerprint density at radius 2 is 2.00 bits per heavy atom. The Morgan fingerprint density at radius 1 is 1.21 bits per heavy atom. The second-order valence-corrected chi connectivity index (χ2v) is 13.8. The molecule has 0 unspecified atom stereocenters. The van der Waals surface area contributed by atoms with Crippen LogP contribution in [0.25, 0.3) is 21.0 Å². The molecule has 2 aromatic carbocycles. The lowest BCUT2D eigenvalue weighted by molar-refractivity contribution is 0.202. The second kappa shape index (κ2) is 11.8. The number of ether oxygens (including phenoxy) is 1. The van der Waals surface area contributed by atoms with Crippen LogP contribution in [0, 0.1) is 17.2 Å². The first kappa shape index (κ1) is 27.8. The zero-order chi connectivity index (χ0) is 27.6. The lowest BCUT2D eigenvalue weighted by Crippen LogP contribution is -2.39. The van der Waals surface area contributed by atoms with Gasteiger partial charge in [0.25, 0.3) is 0 Å². The van der Waals surface area contributed by atoms with Crippen molar-refractivity contribution < 1.29 is 13.2 Å². The van der Waals surface area contributed by atoms with Crippen LogP contribution in [-0.2, 0) is 16.4 Å². The van der Waals surface area contributed by atoms with Crippen LogP contribution < -0.4 is 9.46 Å². The smallest absolute Gasteiger partial charge is 0.213 e. The van der Waals surface area contributed by atoms with Gasteiger partial charge in [0.1, 0.15) is 16.8 Å². The fourth-order valence-electron chi connectivity index (χ4n) is 5.46. The maximum absolute atomic E-state index is 13.0. The predicted octanol–water partition coefficient (Wildman–Crippen LogP) is 5.77. The summed E-state index contributed by atoms with van der Waals surface area (Å²) in [7, 11) is -3.39. The minimum absolute atomic E-state index is 0.0125. The number of aromatic nitrogens is 1. The molecule has 0 bridgehead atoms. The van der Waals surface area contributed by atoms with Crippen molar-refractivity contribution in [3.63, 3.8) is 0 Å². The number of piperidine rings is 1. The summed E-state index contributed by atoms with van der Waals surface area (Å²) in [5.41, 5.74) is 4.70. The number of nitrogens with one attached hydrogen (secondary N) is 1. The summed E-state index contributed by atoms with van der Waals surface area (Å²) in [5, 5.41) is 10.4. The molecule has 0 saturated carbocycles. The number of hydrogen-bond donors (Lipinski definition) is 1. The molecule has 3 aromatic rings. The van der Waals surface area contributed by atoms with Crippen molar-refractivity contribution in [3.05, 3.63) is 59.3 Å². The fourth-order valence-corrected chi connectivity index (χ4v) is 7.72. The van der Waals surface area contributed by atoms with Crippen LogP contribution in [0.1, 0.15) is 62.8 Å². The second-order valence-electron chi connectivity index (χ2n) is 10.9. The van der Waals surface area contributed by atoms with Crippen molar-refractivity contribution in [1.29, 1.82) is 5.26 Å². The molecule has 1 N–H and O–H groups in total. The Balaban J connectivity index is 1.30. The lowest BCUT2D eigenvalue weighted by Gasteiger charge is -2.30. The largest absolute Gasteiger partial charge is 0.490 e. The third-order valence-corrected chi connectivity index (χ3v) is 10.1. The number of nitrogens with zero attached hydrogens (tertiary/aromatic N) is 3. The van der Waals surface area contributed by atoms with Crippen molar-refractivity contribution in [1.82, 2.24) is 14.6 Å². The normalized spacial score (nSPS) is 18.3. The Bertz CT molecular complexity index is 1470. The van der Waals surface area contributed by atoms with E-state index < -0.39 is 10.0 Å². The van der Waals surface area contributed by atoms with E-state index >= 15 is 0 Å². The van der Waals surface area contributed by atoms with Crippen LogP contribution in [0.5, 0.6) is 5.75 Å². The summed E-state index contributed by atoms with van der Waals surface area (Å²) in [4.78, 5) is 7.96. The highest BCUT2D eigenvalue weighted by Crippen LogP contribution is 2.41. The molecule has 2 heterocycles. The van der Waals surface area contributed by atoms with Gasteiger partial charge in [-0.15, -0.1) is 11.3 Å². The molecule has 1 aliphatic carbocycles. The molecule has 1 saturated heterocycles. The molecule has 2 aliphatic rings. The number of sulfonamides is 1. The quantitative estimate of drug-likeness (QED) is 0.354. The minimum Gasteiger partial charge on any atom is -0.490 e. The number of nitriles is 1. The molecule has 0 radical (unpaired) electrons. The van der Waals surface area contributed by atoms with E-state index in [4.69, 9.17) is 4.74 Å². The average Bonchev–Trinajstić information content (AvgIpc) is 3.56. The van der Waals surface area contributed by atoms with Gasteiger partial charge >= 0.3 is 0 Å². The van der Waals surface area contributed by atoms with Crippen LogP contribution in [0.4, 0.5) is 0 Å². The highest BCUT2D eigenvalue weighted by molar-refractivity contribution is 7.89. The summed E-state index contributed by atoms with van der Waals surface area (Å²) in [5.74, 6) is 1.44. The van der Waals surface area contributed by atoms with Crippen molar-refractivity contribution in [3.8, 4) is 32.8 Å². The van der Waals surface area contributed by atoms with Gasteiger partial charge in [-0.05, 0) is 93.4 Å². The maximum atomic E-state index is 13.0. The van der Waals surface area contributed by atoms with Gasteiger partial charge < -0.3 is 9.64 Å². The molecule has 7 nitrogen and oxygen atoms in total. The maximum Gasteiger partial charge on any atom is 0.213 e. The van der Waals surface area contributed by atoms with Gasteiger partial charge in [0.2, 0.25) is 10.0 Å². The fraction of sp³-hybridized carbons (Fsp3) is 0.467. The standard InChI is InChI=1S/C30H36N4O3S2/c1-20(2)37-28-10-7-22(17-23(28)18-31)30-32-19-29(38-30)26-6-4-5-25-24(26)8-9-27(25)33-39(35,36)16-15-34-13-11-21(3)12-14-34/h4-7,10,17,19-21,27,33H,8-9,11-16H2,1-3H3/t27-/m1/s1. The van der Waals surface area contributed by atoms with Crippen LogP contribution in [0.15, 0.2) is 42.6 Å². The molecule has 206 valence electrons. The summed E-state index contributed by atoms with van der Waals surface area (Å²) in [6, 6.07) is 13.7. The van der Waals surface area contributed by atoms with Crippen molar-refractivity contribution in [2.75, 3.05) is 25.4 Å². The number of likely N-dealkylation sites (tertiary alicyclic amines) is 1. The van der Waals surface area contributed by atoms with Gasteiger partial charge in [-0.3, -0.25) is 0 Å². The average molecular weight is 565 g/mol. The van der Waals surface area contributed by atoms with E-state index in [9.17, 15) is 13.7 Å². The summed E-state index contributed by atoms with van der Waals surface area (Å²) >= 11 is 1.58. The lowest BCUT2D eigenvalue weighted by atomic mass is 9.99. The van der Waals surface area contributed by atoms with Crippen molar-refractivity contribution >= 4 is 21.4 Å². The summed E-state index contributed by atoms with van der Waals surface area (Å²) in [6.45, 7) is 8.69. The minimum atomic E-state index is -3.39. The van der Waals surface area contributed by atoms with Crippen LogP contribution in [-0.4, -0.2) is 49.8 Å². The zero-order valence-corrected chi connectivity index (χ0v) is 24.4. The Hall–Kier alpha value is -2.77. The molecule has 1 fully saturated rings. The van der Waals surface area contributed by atoms with E-state index in [0.717, 1.165) is 71.3 Å². The Kier molecular flexibility index (Phi) is 8.38. The van der Waals surface area contributed by atoms with Gasteiger partial charge in [-0.1, -0.05) is 25.1 Å². The van der Waals surface area contributed by atoms with Crippen molar-refractivity contribution in [2.24, 2.45) is 5.92 Å². The molecular weight excluding hydrogens is 528 g/mol. The van der Waals surface area contributed by atoms with Gasteiger partial charge in [0.05, 0.1) is 22.3 Å². The number of benzene rings is 2. The molecule has 1 aromatic heterocycles. The summed E-state index contributed by atoms with van der Waals surface area (Å²) in [6.07, 6.45) is 5.71. The monoisotopic (exact) mass is 564 g/mol. The molecule has 5 rings (SSSR count). The van der Waals surface area contributed by atoms with Crippen LogP contribution in [0.3, 0.4) is 0 Å². The van der Waals surface area contributed by atoms with Gasteiger partial charge in [0, 0.05) is 24.3 Å². The molecule has 39 heavy (non-hydrogen) atoms. The van der Waals surface area contributed by atoms with E-state index in [0.29, 0.717) is 17.9 Å². The van der Waals surface area contributed by atoms with Crippen molar-refractivity contribution in [2.45, 2.75) is 58.6 Å². The highest BCUT2D eigenvalue weighted by atomic mass is 32.2. The topological polar surface area (TPSA) is 95.3 Å². The molecule has 0 amide bonds. The first-order valence-electron chi connectivity index (χ1n) is 13.7. The summed E-state index contributed by atoms with van der Waals surface area (Å²) < 4.78 is 34.7. The highest BCUT2D eigenvalue weighted by Gasteiger charge is 2.29.